The fraction of sp³-hybridized carbons (Fsp3) is 0.956. The summed E-state index contributed by atoms with van der Waals surface area (Å²) in [5.74, 6) is -0.0259. The van der Waals surface area contributed by atoms with E-state index in [-0.39, 0.29) is 18.8 Å². The van der Waals surface area contributed by atoms with Crippen molar-refractivity contribution in [2.24, 2.45) is 0 Å². The number of aliphatic hydroxyl groups excluding tert-OH is 1. The zero-order chi connectivity index (χ0) is 38.0. The zero-order valence-electron chi connectivity index (χ0n) is 35.1. The second-order valence-electron chi connectivity index (χ2n) is 15.7. The molecule has 310 valence electrons. The highest BCUT2D eigenvalue weighted by molar-refractivity contribution is 5.69. The predicted octanol–water partition coefficient (Wildman–Crippen LogP) is 12.2. The first-order valence-electron chi connectivity index (χ1n) is 23.0. The van der Waals surface area contributed by atoms with Crippen LogP contribution in [-0.2, 0) is 19.0 Å². The minimum Gasteiger partial charge on any atom is -0.466 e. The largest absolute Gasteiger partial charge is 0.508 e. The van der Waals surface area contributed by atoms with E-state index in [0.717, 1.165) is 96.6 Å². The van der Waals surface area contributed by atoms with Crippen LogP contribution in [0.15, 0.2) is 0 Å². The summed E-state index contributed by atoms with van der Waals surface area (Å²) < 4.78 is 16.6. The number of nitrogens with one attached hydrogen (secondary N) is 1. The molecule has 0 aromatic heterocycles. The van der Waals surface area contributed by atoms with Crippen molar-refractivity contribution in [2.45, 2.75) is 245 Å². The van der Waals surface area contributed by atoms with Gasteiger partial charge in [0, 0.05) is 6.42 Å². The Hall–Kier alpha value is -1.34. The van der Waals surface area contributed by atoms with Crippen LogP contribution in [0.2, 0.25) is 0 Å². The molecular weight excluding hydrogens is 650 g/mol. The number of carbonyl (C=O) groups is 2. The standard InChI is InChI=1S/C45H89NO6/c1-4-7-10-13-15-16-17-22-29-36-43(35-28-12-9-6-3)52-45(49)51-41-34-27-21-19-25-32-39-46(42-47)38-31-24-18-20-26-33-40-50-44(48)37-30-23-14-11-8-5-2/h43,47H,4-42H2,1-3H3/p+1. The van der Waals surface area contributed by atoms with Crippen LogP contribution in [-0.4, -0.2) is 56.4 Å². The summed E-state index contributed by atoms with van der Waals surface area (Å²) in [6.45, 7) is 10.0. The molecule has 2 unspecified atom stereocenters. The van der Waals surface area contributed by atoms with Gasteiger partial charge in [-0.2, -0.15) is 0 Å². The van der Waals surface area contributed by atoms with Crippen molar-refractivity contribution in [1.82, 2.24) is 0 Å². The molecule has 0 fully saturated rings. The number of quaternary nitrogens is 1. The smallest absolute Gasteiger partial charge is 0.466 e. The van der Waals surface area contributed by atoms with Crippen LogP contribution >= 0.6 is 0 Å². The Morgan fingerprint density at radius 2 is 0.827 bits per heavy atom. The van der Waals surface area contributed by atoms with Gasteiger partial charge < -0.3 is 24.2 Å². The van der Waals surface area contributed by atoms with Gasteiger partial charge in [-0.05, 0) is 70.6 Å². The van der Waals surface area contributed by atoms with Crippen LogP contribution in [0.25, 0.3) is 0 Å². The van der Waals surface area contributed by atoms with Gasteiger partial charge in [-0.3, -0.25) is 4.79 Å². The second-order valence-corrected chi connectivity index (χ2v) is 15.7. The number of hydrogen-bond acceptors (Lipinski definition) is 6. The van der Waals surface area contributed by atoms with E-state index in [0.29, 0.717) is 19.6 Å². The van der Waals surface area contributed by atoms with E-state index in [1.54, 1.807) is 0 Å². The van der Waals surface area contributed by atoms with Crippen LogP contribution in [0.5, 0.6) is 0 Å². The van der Waals surface area contributed by atoms with E-state index in [1.807, 2.05) is 0 Å². The molecule has 0 saturated carbocycles. The Morgan fingerprint density at radius 1 is 0.462 bits per heavy atom. The minimum absolute atomic E-state index is 0.00293. The van der Waals surface area contributed by atoms with E-state index in [1.165, 1.54) is 133 Å². The number of rotatable bonds is 42. The molecule has 0 bridgehead atoms. The van der Waals surface area contributed by atoms with Crippen LogP contribution < -0.4 is 4.90 Å². The van der Waals surface area contributed by atoms with Gasteiger partial charge in [0.25, 0.3) is 0 Å². The average Bonchev–Trinajstić information content (AvgIpc) is 3.14. The quantitative estimate of drug-likeness (QED) is 0.0368. The number of hydrogen-bond donors (Lipinski definition) is 2. The molecule has 0 aliphatic heterocycles. The molecule has 2 N–H and O–H groups in total. The Bertz CT molecular complexity index is 735. The molecule has 52 heavy (non-hydrogen) atoms. The molecule has 7 heteroatoms. The van der Waals surface area contributed by atoms with Crippen LogP contribution in [0.3, 0.4) is 0 Å². The molecule has 7 nitrogen and oxygen atoms in total. The molecule has 2 atom stereocenters. The lowest BCUT2D eigenvalue weighted by molar-refractivity contribution is -0.919. The lowest BCUT2D eigenvalue weighted by atomic mass is 10.0. The van der Waals surface area contributed by atoms with Crippen molar-refractivity contribution >= 4 is 12.1 Å². The molecule has 0 saturated heterocycles. The van der Waals surface area contributed by atoms with Gasteiger partial charge in [0.1, 0.15) is 6.10 Å². The Balaban J connectivity index is 3.76. The Morgan fingerprint density at radius 3 is 1.29 bits per heavy atom. The number of unbranched alkanes of at least 4 members (excludes halogenated alkanes) is 26. The van der Waals surface area contributed by atoms with Gasteiger partial charge in [0.05, 0.1) is 26.3 Å². The molecule has 0 aliphatic rings. The van der Waals surface area contributed by atoms with E-state index in [4.69, 9.17) is 14.2 Å². The SMILES string of the molecule is CCCCCCCCCCCC(CCCCCC)OC(=O)OCCCCCCCC[NH+](CO)CCCCCCCCOC(=O)CCCCCCCC. The number of carbonyl (C=O) groups excluding carboxylic acids is 2. The van der Waals surface area contributed by atoms with Gasteiger partial charge in [0.2, 0.25) is 0 Å². The maximum atomic E-state index is 12.4. The summed E-state index contributed by atoms with van der Waals surface area (Å²) in [5, 5.41) is 9.81. The van der Waals surface area contributed by atoms with Crippen molar-refractivity contribution in [1.29, 1.82) is 0 Å². The van der Waals surface area contributed by atoms with E-state index in [2.05, 4.69) is 20.8 Å². The van der Waals surface area contributed by atoms with Gasteiger partial charge in [-0.15, -0.1) is 0 Å². The van der Waals surface area contributed by atoms with E-state index in [9.17, 15) is 14.7 Å². The first-order chi connectivity index (χ1) is 25.6. The van der Waals surface area contributed by atoms with E-state index < -0.39 is 6.16 Å². The van der Waals surface area contributed by atoms with Gasteiger partial charge >= 0.3 is 12.1 Å². The van der Waals surface area contributed by atoms with Crippen molar-refractivity contribution in [2.75, 3.05) is 33.0 Å². The fourth-order valence-corrected chi connectivity index (χ4v) is 7.03. The van der Waals surface area contributed by atoms with Crippen molar-refractivity contribution < 1.29 is 33.8 Å². The van der Waals surface area contributed by atoms with Crippen molar-refractivity contribution in [3.05, 3.63) is 0 Å². The van der Waals surface area contributed by atoms with E-state index >= 15 is 0 Å². The van der Waals surface area contributed by atoms with Crippen LogP contribution in [0, 0.1) is 0 Å². The van der Waals surface area contributed by atoms with Gasteiger partial charge in [-0.25, -0.2) is 4.79 Å². The molecule has 0 aromatic carbocycles. The molecular formula is C45H90NO6+. The minimum atomic E-state index is -0.472. The highest BCUT2D eigenvalue weighted by Crippen LogP contribution is 2.18. The number of esters is 1. The number of aliphatic hydroxyl groups is 1. The molecule has 0 amide bonds. The Kier molecular flexibility index (Phi) is 41.3. The highest BCUT2D eigenvalue weighted by atomic mass is 16.7. The maximum absolute atomic E-state index is 12.4. The third kappa shape index (κ3) is 38.4. The van der Waals surface area contributed by atoms with Crippen molar-refractivity contribution in [3.8, 4) is 0 Å². The lowest BCUT2D eigenvalue weighted by Gasteiger charge is -2.18. The first kappa shape index (κ1) is 50.7. The summed E-state index contributed by atoms with van der Waals surface area (Å²) in [5.41, 5.74) is 0. The third-order valence-electron chi connectivity index (χ3n) is 10.6. The number of ether oxygens (including phenoxy) is 3. The normalized spacial score (nSPS) is 12.5. The molecule has 0 rings (SSSR count). The monoisotopic (exact) mass is 741 g/mol. The molecule has 0 spiro atoms. The molecule has 0 aromatic rings. The van der Waals surface area contributed by atoms with Crippen LogP contribution in [0.4, 0.5) is 4.79 Å². The molecule has 0 heterocycles. The zero-order valence-corrected chi connectivity index (χ0v) is 35.1. The second kappa shape index (κ2) is 42.4. The maximum Gasteiger partial charge on any atom is 0.508 e. The fourth-order valence-electron chi connectivity index (χ4n) is 7.03. The summed E-state index contributed by atoms with van der Waals surface area (Å²) in [6, 6.07) is 0. The van der Waals surface area contributed by atoms with Gasteiger partial charge in [0.15, 0.2) is 6.73 Å². The average molecular weight is 741 g/mol. The summed E-state index contributed by atoms with van der Waals surface area (Å²) in [6.07, 6.45) is 39.3. The van der Waals surface area contributed by atoms with Crippen molar-refractivity contribution in [3.63, 3.8) is 0 Å². The topological polar surface area (TPSA) is 86.5 Å². The summed E-state index contributed by atoms with van der Waals surface area (Å²) in [4.78, 5) is 25.6. The third-order valence-corrected chi connectivity index (χ3v) is 10.6. The summed E-state index contributed by atoms with van der Waals surface area (Å²) in [7, 11) is 0. The first-order valence-corrected chi connectivity index (χ1v) is 23.0. The van der Waals surface area contributed by atoms with Crippen LogP contribution in [0.1, 0.15) is 239 Å². The highest BCUT2D eigenvalue weighted by Gasteiger charge is 2.15. The molecule has 0 radical (unpaired) electrons. The van der Waals surface area contributed by atoms with Gasteiger partial charge in [-0.1, -0.05) is 162 Å². The summed E-state index contributed by atoms with van der Waals surface area (Å²) >= 11 is 0. The lowest BCUT2D eigenvalue weighted by Crippen LogP contribution is -3.12. The Labute approximate surface area is 323 Å². The predicted molar refractivity (Wildman–Crippen MR) is 219 cm³/mol. The molecule has 0 aliphatic carbocycles.